The molecule has 338 valence electrons. The molecule has 12 heteroatoms. The monoisotopic (exact) mass is 898 g/mol. The standard InChI is InChI=1S/C56H50N8O4/c1-61(2)53(65)37-17-9-33(10-18-37)49-41-25-27-43(57-41)50(34-11-19-38(20-12-34)54(66)62(3)4)45-29-31-47(59-45)52(36-15-23-40(24-16-36)56(68)64(7)8)48-32-30-46(60-48)51(44-28-26-42(49)58-44)35-13-21-39(22-14-35)55(67)63(5)6/h9-32,57-58H,1-8H3. The molecule has 7 aromatic rings. The van der Waals surface area contributed by atoms with Gasteiger partial charge in [0.25, 0.3) is 23.6 Å². The van der Waals surface area contributed by atoms with Crippen molar-refractivity contribution in [2.24, 2.45) is 0 Å². The Morgan fingerprint density at radius 1 is 0.309 bits per heavy atom. The lowest BCUT2D eigenvalue weighted by Gasteiger charge is -2.12. The third-order valence-electron chi connectivity index (χ3n) is 12.1. The van der Waals surface area contributed by atoms with Crippen LogP contribution >= 0.6 is 0 Å². The second-order valence-electron chi connectivity index (χ2n) is 17.6. The molecule has 2 aliphatic rings. The van der Waals surface area contributed by atoms with E-state index >= 15 is 0 Å². The maximum Gasteiger partial charge on any atom is 0.253 e. The van der Waals surface area contributed by atoms with Gasteiger partial charge in [-0.25, -0.2) is 9.97 Å². The number of carbonyl (C=O) groups excluding carboxylic acids is 4. The van der Waals surface area contributed by atoms with Crippen LogP contribution < -0.4 is 0 Å². The molecule has 0 fully saturated rings. The SMILES string of the molecule is CN(C)C(=O)c1ccc(-c2c3nc(c(-c4ccc(C(=O)N(C)C)cc4)c4ccc([nH]4)c(-c4ccc(C(=O)N(C)C)cc4)c4ccc([nH]4)c(-c4ccc(C(=O)N(C)C)cc4)c4nc2C=C4)C=C3)cc1. The summed E-state index contributed by atoms with van der Waals surface area (Å²) in [5.41, 5.74) is 14.7. The topological polar surface area (TPSA) is 139 Å². The normalized spacial score (nSPS) is 11.6. The Hall–Kier alpha value is -8.64. The van der Waals surface area contributed by atoms with Gasteiger partial charge in [-0.05, 0) is 119 Å². The van der Waals surface area contributed by atoms with E-state index in [2.05, 4.69) is 9.97 Å². The molecule has 0 atom stereocenters. The molecule has 68 heavy (non-hydrogen) atoms. The Bertz CT molecular complexity index is 3230. The number of amides is 4. The zero-order valence-corrected chi connectivity index (χ0v) is 39.2. The van der Waals surface area contributed by atoms with Crippen LogP contribution in [-0.4, -0.2) is 120 Å². The van der Waals surface area contributed by atoms with Gasteiger partial charge in [0.2, 0.25) is 0 Å². The predicted octanol–water partition coefficient (Wildman–Crippen LogP) is 10.1. The number of hydrogen-bond acceptors (Lipinski definition) is 6. The average molecular weight is 899 g/mol. The van der Waals surface area contributed by atoms with E-state index in [0.717, 1.165) is 66.6 Å². The molecule has 4 amide bonds. The number of benzene rings is 4. The van der Waals surface area contributed by atoms with Crippen molar-refractivity contribution in [3.05, 3.63) is 166 Å². The fourth-order valence-corrected chi connectivity index (χ4v) is 8.57. The number of nitrogens with zero attached hydrogens (tertiary/aromatic N) is 6. The van der Waals surface area contributed by atoms with E-state index in [9.17, 15) is 19.2 Å². The van der Waals surface area contributed by atoms with E-state index in [1.165, 1.54) is 0 Å². The minimum atomic E-state index is -0.107. The predicted molar refractivity (Wildman–Crippen MR) is 273 cm³/mol. The number of aromatic nitrogens is 4. The van der Waals surface area contributed by atoms with Gasteiger partial charge in [0.15, 0.2) is 0 Å². The summed E-state index contributed by atoms with van der Waals surface area (Å²) in [6.45, 7) is 0. The summed E-state index contributed by atoms with van der Waals surface area (Å²) >= 11 is 0. The molecule has 0 saturated carbocycles. The van der Waals surface area contributed by atoms with Gasteiger partial charge >= 0.3 is 0 Å². The molecule has 0 saturated heterocycles. The zero-order valence-electron chi connectivity index (χ0n) is 39.2. The molecule has 0 unspecified atom stereocenters. The third kappa shape index (κ3) is 8.39. The highest BCUT2D eigenvalue weighted by Gasteiger charge is 2.21. The van der Waals surface area contributed by atoms with Gasteiger partial charge in [0, 0.05) is 123 Å². The first-order chi connectivity index (χ1) is 32.7. The quantitative estimate of drug-likeness (QED) is 0.156. The summed E-state index contributed by atoms with van der Waals surface area (Å²) in [6, 6.07) is 38.3. The van der Waals surface area contributed by atoms with Crippen molar-refractivity contribution >= 4 is 70.0 Å². The molecule has 0 spiro atoms. The molecule has 9 rings (SSSR count). The Morgan fingerprint density at radius 3 is 0.794 bits per heavy atom. The van der Waals surface area contributed by atoms with Gasteiger partial charge < -0.3 is 29.6 Å². The van der Waals surface area contributed by atoms with Gasteiger partial charge in [-0.3, -0.25) is 19.2 Å². The van der Waals surface area contributed by atoms with Crippen molar-refractivity contribution in [3.63, 3.8) is 0 Å². The Balaban J connectivity index is 1.39. The van der Waals surface area contributed by atoms with Crippen LogP contribution in [0.3, 0.4) is 0 Å². The summed E-state index contributed by atoms with van der Waals surface area (Å²) in [7, 11) is 13.9. The maximum absolute atomic E-state index is 13.0. The summed E-state index contributed by atoms with van der Waals surface area (Å²) < 4.78 is 0. The fraction of sp³-hybridized carbons (Fsp3) is 0.143. The van der Waals surface area contributed by atoms with Crippen LogP contribution in [0.4, 0.5) is 0 Å². The lowest BCUT2D eigenvalue weighted by Crippen LogP contribution is -2.21. The second-order valence-corrected chi connectivity index (χ2v) is 17.6. The highest BCUT2D eigenvalue weighted by molar-refractivity contribution is 6.03. The molecule has 2 N–H and O–H groups in total. The maximum atomic E-state index is 13.0. The van der Waals surface area contributed by atoms with Crippen LogP contribution in [0, 0.1) is 0 Å². The van der Waals surface area contributed by atoms with Crippen molar-refractivity contribution in [1.29, 1.82) is 0 Å². The molecule has 0 aliphatic carbocycles. The van der Waals surface area contributed by atoms with E-state index in [0.29, 0.717) is 45.0 Å². The van der Waals surface area contributed by atoms with Crippen LogP contribution in [0.15, 0.2) is 121 Å². The summed E-state index contributed by atoms with van der Waals surface area (Å²) in [6.07, 6.45) is 7.96. The molecule has 8 bridgehead atoms. The van der Waals surface area contributed by atoms with Crippen LogP contribution in [0.5, 0.6) is 0 Å². The third-order valence-corrected chi connectivity index (χ3v) is 12.1. The average Bonchev–Trinajstić information content (AvgIpc) is 4.20. The Morgan fingerprint density at radius 2 is 0.529 bits per heavy atom. The highest BCUT2D eigenvalue weighted by atomic mass is 16.2. The smallest absolute Gasteiger partial charge is 0.253 e. The number of carbonyl (C=O) groups is 4. The molecule has 3 aromatic heterocycles. The second kappa shape index (κ2) is 18.0. The number of nitrogens with one attached hydrogen (secondary N) is 2. The number of aromatic amines is 2. The Kier molecular flexibility index (Phi) is 11.8. The van der Waals surface area contributed by atoms with Crippen molar-refractivity contribution < 1.29 is 19.2 Å². The number of fused-ring (bicyclic) bond motifs is 8. The fourth-order valence-electron chi connectivity index (χ4n) is 8.57. The molecule has 4 aromatic carbocycles. The first-order valence-electron chi connectivity index (χ1n) is 22.1. The molecule has 0 radical (unpaired) electrons. The van der Waals surface area contributed by atoms with Gasteiger partial charge in [-0.15, -0.1) is 0 Å². The molecular weight excluding hydrogens is 849 g/mol. The largest absolute Gasteiger partial charge is 0.354 e. The van der Waals surface area contributed by atoms with Gasteiger partial charge in [0.05, 0.1) is 22.8 Å². The van der Waals surface area contributed by atoms with E-state index in [1.54, 1.807) is 76.0 Å². The van der Waals surface area contributed by atoms with Crippen molar-refractivity contribution in [2.75, 3.05) is 56.4 Å². The zero-order chi connectivity index (χ0) is 48.0. The van der Waals surface area contributed by atoms with Crippen LogP contribution in [0.25, 0.3) is 90.9 Å². The van der Waals surface area contributed by atoms with Crippen molar-refractivity contribution in [1.82, 2.24) is 39.5 Å². The van der Waals surface area contributed by atoms with Crippen molar-refractivity contribution in [3.8, 4) is 44.5 Å². The number of rotatable bonds is 8. The van der Waals surface area contributed by atoms with Gasteiger partial charge in [-0.1, -0.05) is 48.5 Å². The highest BCUT2D eigenvalue weighted by Crippen LogP contribution is 2.39. The van der Waals surface area contributed by atoms with E-state index in [-0.39, 0.29) is 23.6 Å². The minimum Gasteiger partial charge on any atom is -0.354 e. The molecule has 5 heterocycles. The van der Waals surface area contributed by atoms with E-state index in [4.69, 9.17) is 9.97 Å². The first-order valence-corrected chi connectivity index (χ1v) is 22.1. The van der Waals surface area contributed by atoms with Crippen LogP contribution in [0.2, 0.25) is 0 Å². The van der Waals surface area contributed by atoms with Gasteiger partial charge in [-0.2, -0.15) is 0 Å². The molecule has 2 aliphatic heterocycles. The number of H-pyrrole nitrogens is 2. The number of hydrogen-bond donors (Lipinski definition) is 2. The lowest BCUT2D eigenvalue weighted by molar-refractivity contribution is 0.0820. The summed E-state index contributed by atoms with van der Waals surface area (Å²) in [5, 5.41) is 0. The molecule has 12 nitrogen and oxygen atoms in total. The lowest BCUT2D eigenvalue weighted by atomic mass is 10.0. The molecular formula is C56H50N8O4. The van der Waals surface area contributed by atoms with Crippen LogP contribution in [-0.2, 0) is 0 Å². The summed E-state index contributed by atoms with van der Waals surface area (Å²) in [4.78, 5) is 76.5. The first kappa shape index (κ1) is 44.6. The van der Waals surface area contributed by atoms with E-state index in [1.807, 2.05) is 146 Å². The van der Waals surface area contributed by atoms with E-state index < -0.39 is 0 Å². The van der Waals surface area contributed by atoms with Crippen molar-refractivity contribution in [2.45, 2.75) is 0 Å². The Labute approximate surface area is 394 Å². The summed E-state index contributed by atoms with van der Waals surface area (Å²) in [5.74, 6) is -0.410. The van der Waals surface area contributed by atoms with Crippen LogP contribution in [0.1, 0.15) is 64.2 Å². The minimum absolute atomic E-state index is 0.0982. The van der Waals surface area contributed by atoms with Gasteiger partial charge in [0.1, 0.15) is 0 Å².